The van der Waals surface area contributed by atoms with Gasteiger partial charge in [0.15, 0.2) is 0 Å². The second kappa shape index (κ2) is 11.3. The van der Waals surface area contributed by atoms with Crippen LogP contribution < -0.4 is 15.4 Å². The minimum absolute atomic E-state index is 0.0150. The summed E-state index contributed by atoms with van der Waals surface area (Å²) in [6, 6.07) is 9.37. The fourth-order valence-electron chi connectivity index (χ4n) is 4.02. The number of aromatic nitrogens is 3. The first-order chi connectivity index (χ1) is 18.8. The molecule has 1 aliphatic heterocycles. The van der Waals surface area contributed by atoms with Crippen LogP contribution in [0.5, 0.6) is 0 Å². The number of β-amino-alcohol motifs (C(OH)–C–C–N with tert-alkyl or cyclic N) is 1. The molecule has 1 aromatic carbocycles. The largest absolute Gasteiger partial charge is 0.421 e. The third-order valence-electron chi connectivity index (χ3n) is 6.17. The molecule has 3 heterocycles. The van der Waals surface area contributed by atoms with E-state index in [1.807, 2.05) is 0 Å². The molecule has 4 N–H and O–H groups in total. The number of nitrogens with one attached hydrogen (secondary N) is 3. The summed E-state index contributed by atoms with van der Waals surface area (Å²) in [5, 5.41) is 15.6. The molecule has 0 radical (unpaired) electrons. The highest BCUT2D eigenvalue weighted by molar-refractivity contribution is 7.92. The van der Waals surface area contributed by atoms with Crippen molar-refractivity contribution in [2.75, 3.05) is 34.2 Å². The van der Waals surface area contributed by atoms with E-state index in [-0.39, 0.29) is 36.5 Å². The van der Waals surface area contributed by atoms with Crippen molar-refractivity contribution < 1.29 is 31.5 Å². The van der Waals surface area contributed by atoms with Gasteiger partial charge in [-0.15, -0.1) is 0 Å². The second-order valence-corrected chi connectivity index (χ2v) is 11.5. The number of anilines is 4. The van der Waals surface area contributed by atoms with Crippen molar-refractivity contribution in [3.05, 3.63) is 65.5 Å². The summed E-state index contributed by atoms with van der Waals surface area (Å²) < 4.78 is 67.4. The van der Waals surface area contributed by atoms with Gasteiger partial charge in [-0.25, -0.2) is 18.4 Å². The Labute approximate surface area is 228 Å². The summed E-state index contributed by atoms with van der Waals surface area (Å²) in [6.07, 6.45) is -2.33. The first kappa shape index (κ1) is 29.0. The summed E-state index contributed by atoms with van der Waals surface area (Å²) in [6.45, 7) is 3.47. The lowest BCUT2D eigenvalue weighted by molar-refractivity contribution is -0.137. The standard InChI is InChI=1S/C25H28F3N7O4S/c1-3-40(38,39)34-20-17(7-5-10-29-20)13-30-21-19(25(26,27)28)14-31-23(33-21)32-18-8-4-6-16(12-18)22(36)35-11-9-24(2,37)15-35/h4-8,10,12,14,37H,3,9,11,13,15H2,1-2H3,(H,29,34)(H2,30,31,32,33). The van der Waals surface area contributed by atoms with Crippen molar-refractivity contribution in [3.8, 4) is 0 Å². The van der Waals surface area contributed by atoms with E-state index in [9.17, 15) is 31.5 Å². The molecule has 1 unspecified atom stereocenters. The van der Waals surface area contributed by atoms with Gasteiger partial charge in [0, 0.05) is 48.8 Å². The highest BCUT2D eigenvalue weighted by Crippen LogP contribution is 2.34. The van der Waals surface area contributed by atoms with Gasteiger partial charge < -0.3 is 20.6 Å². The zero-order chi connectivity index (χ0) is 29.1. The van der Waals surface area contributed by atoms with Crippen molar-refractivity contribution >= 4 is 39.2 Å². The Morgan fingerprint density at radius 2 is 1.95 bits per heavy atom. The Morgan fingerprint density at radius 1 is 1.18 bits per heavy atom. The number of rotatable bonds is 9. The zero-order valence-electron chi connectivity index (χ0n) is 21.7. The third-order valence-corrected chi connectivity index (χ3v) is 7.43. The number of nitrogens with zero attached hydrogens (tertiary/aromatic N) is 4. The van der Waals surface area contributed by atoms with Crippen molar-refractivity contribution in [2.45, 2.75) is 38.6 Å². The lowest BCUT2D eigenvalue weighted by Crippen LogP contribution is -2.33. The number of amides is 1. The Kier molecular flexibility index (Phi) is 8.16. The molecule has 3 aromatic rings. The molecular weight excluding hydrogens is 551 g/mol. The van der Waals surface area contributed by atoms with E-state index in [4.69, 9.17) is 0 Å². The normalized spacial score (nSPS) is 17.5. The lowest BCUT2D eigenvalue weighted by atomic mass is 10.1. The molecule has 11 nitrogen and oxygen atoms in total. The molecule has 0 aliphatic carbocycles. The first-order valence-electron chi connectivity index (χ1n) is 12.3. The van der Waals surface area contributed by atoms with Crippen molar-refractivity contribution in [1.82, 2.24) is 19.9 Å². The van der Waals surface area contributed by atoms with Gasteiger partial charge in [0.25, 0.3) is 5.91 Å². The van der Waals surface area contributed by atoms with Crippen LogP contribution in [0, 0.1) is 0 Å². The summed E-state index contributed by atoms with van der Waals surface area (Å²) in [7, 11) is -3.67. The number of halogens is 3. The number of hydrogen-bond donors (Lipinski definition) is 4. The molecular formula is C25H28F3N7O4S. The molecule has 4 rings (SSSR count). The molecule has 2 aromatic heterocycles. The number of benzene rings is 1. The van der Waals surface area contributed by atoms with Crippen molar-refractivity contribution in [1.29, 1.82) is 0 Å². The van der Waals surface area contributed by atoms with Crippen molar-refractivity contribution in [3.63, 3.8) is 0 Å². The SMILES string of the molecule is CCS(=O)(=O)Nc1ncccc1CNc1nc(Nc2cccc(C(=O)N3CCC(C)(O)C3)c2)ncc1C(F)(F)F. The number of carbonyl (C=O) groups excluding carboxylic acids is 1. The summed E-state index contributed by atoms with van der Waals surface area (Å²) in [5.41, 5.74) is -1.09. The van der Waals surface area contributed by atoms with Crippen molar-refractivity contribution in [2.24, 2.45) is 0 Å². The maximum atomic E-state index is 13.7. The Bertz CT molecular complexity index is 1500. The molecule has 1 aliphatic rings. The van der Waals surface area contributed by atoms with E-state index in [0.717, 1.165) is 0 Å². The highest BCUT2D eigenvalue weighted by atomic mass is 32.2. The molecule has 0 bridgehead atoms. The van der Waals surface area contributed by atoms with Crippen LogP contribution >= 0.6 is 0 Å². The molecule has 214 valence electrons. The zero-order valence-corrected chi connectivity index (χ0v) is 22.5. The lowest BCUT2D eigenvalue weighted by Gasteiger charge is -2.19. The van der Waals surface area contributed by atoms with Crippen LogP contribution in [-0.4, -0.2) is 63.7 Å². The monoisotopic (exact) mass is 579 g/mol. The average molecular weight is 580 g/mol. The maximum absolute atomic E-state index is 13.7. The van der Waals surface area contributed by atoms with Crippen LogP contribution in [0.4, 0.5) is 36.4 Å². The minimum atomic E-state index is -4.77. The Balaban J connectivity index is 1.55. The molecule has 40 heavy (non-hydrogen) atoms. The van der Waals surface area contributed by atoms with Crippen LogP contribution in [-0.2, 0) is 22.7 Å². The molecule has 1 saturated heterocycles. The van der Waals surface area contributed by atoms with Crippen LogP contribution in [0.25, 0.3) is 0 Å². The van der Waals surface area contributed by atoms with E-state index >= 15 is 0 Å². The molecule has 1 fully saturated rings. The summed E-state index contributed by atoms with van der Waals surface area (Å²) in [5.74, 6) is -1.21. The second-order valence-electron chi connectivity index (χ2n) is 9.50. The molecule has 0 spiro atoms. The Hall–Kier alpha value is -3.98. The van der Waals surface area contributed by atoms with Gasteiger partial charge in [-0.2, -0.15) is 18.2 Å². The van der Waals surface area contributed by atoms with E-state index < -0.39 is 33.2 Å². The van der Waals surface area contributed by atoms with E-state index in [1.165, 1.54) is 36.2 Å². The summed E-state index contributed by atoms with van der Waals surface area (Å²) >= 11 is 0. The number of pyridine rings is 1. The molecule has 15 heteroatoms. The summed E-state index contributed by atoms with van der Waals surface area (Å²) in [4.78, 5) is 26.2. The number of hydrogen-bond acceptors (Lipinski definition) is 9. The van der Waals surface area contributed by atoms with Gasteiger partial charge in [0.1, 0.15) is 17.2 Å². The van der Waals surface area contributed by atoms with Crippen LogP contribution in [0.1, 0.15) is 41.8 Å². The van der Waals surface area contributed by atoms with Gasteiger partial charge in [-0.3, -0.25) is 9.52 Å². The van der Waals surface area contributed by atoms with Crippen LogP contribution in [0.3, 0.4) is 0 Å². The Morgan fingerprint density at radius 3 is 2.62 bits per heavy atom. The number of alkyl halides is 3. The predicted molar refractivity (Wildman–Crippen MR) is 143 cm³/mol. The first-order valence-corrected chi connectivity index (χ1v) is 13.9. The van der Waals surface area contributed by atoms with E-state index in [0.29, 0.717) is 36.0 Å². The molecule has 1 atom stereocenters. The molecule has 1 amide bonds. The van der Waals surface area contributed by atoms with Crippen LogP contribution in [0.2, 0.25) is 0 Å². The van der Waals surface area contributed by atoms with Gasteiger partial charge in [-0.05, 0) is 44.5 Å². The van der Waals surface area contributed by atoms with E-state index in [2.05, 4.69) is 30.3 Å². The number of likely N-dealkylation sites (tertiary alicyclic amines) is 1. The number of carbonyl (C=O) groups is 1. The smallest absolute Gasteiger partial charge is 0.388 e. The quantitative estimate of drug-likeness (QED) is 0.298. The maximum Gasteiger partial charge on any atom is 0.421 e. The topological polar surface area (TPSA) is 149 Å². The fraction of sp³-hybridized carbons (Fsp3) is 0.360. The van der Waals surface area contributed by atoms with E-state index in [1.54, 1.807) is 25.1 Å². The van der Waals surface area contributed by atoms with Gasteiger partial charge in [-0.1, -0.05) is 12.1 Å². The van der Waals surface area contributed by atoms with Gasteiger partial charge >= 0.3 is 6.18 Å². The number of sulfonamides is 1. The van der Waals surface area contributed by atoms with Gasteiger partial charge in [0.2, 0.25) is 16.0 Å². The predicted octanol–water partition coefficient (Wildman–Crippen LogP) is 3.60. The number of aliphatic hydroxyl groups is 1. The minimum Gasteiger partial charge on any atom is -0.388 e. The van der Waals surface area contributed by atoms with Gasteiger partial charge in [0.05, 0.1) is 11.4 Å². The van der Waals surface area contributed by atoms with Crippen LogP contribution in [0.15, 0.2) is 48.8 Å². The third kappa shape index (κ3) is 7.15. The average Bonchev–Trinajstić information content (AvgIpc) is 3.26. The fourth-order valence-corrected chi connectivity index (χ4v) is 4.64. The highest BCUT2D eigenvalue weighted by Gasteiger charge is 2.36. The molecule has 0 saturated carbocycles.